The lowest BCUT2D eigenvalue weighted by Gasteiger charge is -2.08. The lowest BCUT2D eigenvalue weighted by molar-refractivity contribution is 0.0917. The summed E-state index contributed by atoms with van der Waals surface area (Å²) < 4.78 is 3.40. The van der Waals surface area contributed by atoms with Gasteiger partial charge < -0.3 is 4.57 Å². The second-order valence-electron chi connectivity index (χ2n) is 8.06. The Bertz CT molecular complexity index is 1390. The number of aryl methyl sites for hydroxylation is 2. The minimum Gasteiger partial charge on any atom is -0.346 e. The first-order valence-corrected chi connectivity index (χ1v) is 10.5. The molecule has 0 aliphatic carbocycles. The number of benzene rings is 2. The van der Waals surface area contributed by atoms with Crippen LogP contribution in [0.3, 0.4) is 0 Å². The van der Waals surface area contributed by atoms with E-state index in [0.717, 1.165) is 22.6 Å². The van der Waals surface area contributed by atoms with Crippen molar-refractivity contribution in [3.63, 3.8) is 0 Å². The molecule has 2 aliphatic rings. The molecule has 158 valence electrons. The Balaban J connectivity index is 1.41. The molecule has 0 spiro atoms. The number of imidazole rings is 1. The molecule has 2 aromatic carbocycles. The summed E-state index contributed by atoms with van der Waals surface area (Å²) >= 11 is 0. The quantitative estimate of drug-likeness (QED) is 0.398. The van der Waals surface area contributed by atoms with Crippen molar-refractivity contribution in [3.8, 4) is 33.9 Å². The molecule has 0 saturated heterocycles. The van der Waals surface area contributed by atoms with E-state index in [4.69, 9.17) is 9.97 Å². The monoisotopic (exact) mass is 421 g/mol. The number of nitrogens with zero attached hydrogens (tertiary/aromatic N) is 5. The summed E-state index contributed by atoms with van der Waals surface area (Å²) in [4.78, 5) is 21.1. The minimum atomic E-state index is -0.105. The van der Waals surface area contributed by atoms with Crippen molar-refractivity contribution in [2.45, 2.75) is 27.3 Å². The fraction of sp³-hybridized carbons (Fsp3) is 0.154. The molecule has 6 heteroatoms. The van der Waals surface area contributed by atoms with E-state index < -0.39 is 0 Å². The lowest BCUT2D eigenvalue weighted by Crippen LogP contribution is -2.14. The number of pyridine rings is 1. The van der Waals surface area contributed by atoms with Gasteiger partial charge in [0, 0.05) is 31.1 Å². The Morgan fingerprint density at radius 1 is 0.844 bits per heavy atom. The van der Waals surface area contributed by atoms with E-state index in [2.05, 4.69) is 61.4 Å². The van der Waals surface area contributed by atoms with Gasteiger partial charge in [-0.1, -0.05) is 42.5 Å². The van der Waals surface area contributed by atoms with Crippen molar-refractivity contribution >= 4 is 5.91 Å². The van der Waals surface area contributed by atoms with Gasteiger partial charge in [-0.15, -0.1) is 0 Å². The van der Waals surface area contributed by atoms with Gasteiger partial charge in [-0.25, -0.2) is 14.6 Å². The maximum atomic E-state index is 11.7. The van der Waals surface area contributed by atoms with Crippen LogP contribution in [0.15, 0.2) is 73.2 Å². The van der Waals surface area contributed by atoms with Crippen LogP contribution >= 0.6 is 0 Å². The topological polar surface area (TPSA) is 65.6 Å². The van der Waals surface area contributed by atoms with Gasteiger partial charge >= 0.3 is 0 Å². The van der Waals surface area contributed by atoms with E-state index in [0.29, 0.717) is 12.4 Å². The van der Waals surface area contributed by atoms with Crippen molar-refractivity contribution in [1.29, 1.82) is 0 Å². The first-order chi connectivity index (χ1) is 15.5. The van der Waals surface area contributed by atoms with Gasteiger partial charge in [0.2, 0.25) is 5.91 Å². The molecule has 32 heavy (non-hydrogen) atoms. The number of carbonyl (C=O) groups is 1. The largest absolute Gasteiger partial charge is 0.346 e. The molecule has 5 rings (SSSR count). The second-order valence-corrected chi connectivity index (χ2v) is 8.06. The molecule has 0 saturated carbocycles. The Kier molecular flexibility index (Phi) is 4.90. The van der Waals surface area contributed by atoms with Crippen molar-refractivity contribution in [2.75, 3.05) is 0 Å². The Morgan fingerprint density at radius 3 is 2.31 bits per heavy atom. The van der Waals surface area contributed by atoms with Crippen LogP contribution < -0.4 is 0 Å². The predicted octanol–water partition coefficient (Wildman–Crippen LogP) is 5.24. The zero-order valence-electron chi connectivity index (χ0n) is 18.3. The van der Waals surface area contributed by atoms with Crippen LogP contribution in [0.25, 0.3) is 33.9 Å². The van der Waals surface area contributed by atoms with Crippen LogP contribution in [0.1, 0.15) is 28.5 Å². The van der Waals surface area contributed by atoms with Gasteiger partial charge in [-0.05, 0) is 48.2 Å². The third-order valence-corrected chi connectivity index (χ3v) is 5.77. The Labute approximate surface area is 186 Å². The third kappa shape index (κ3) is 3.71. The fourth-order valence-electron chi connectivity index (χ4n) is 3.83. The molecular formula is C26H23N5O. The van der Waals surface area contributed by atoms with E-state index in [1.165, 1.54) is 33.9 Å². The van der Waals surface area contributed by atoms with Crippen LogP contribution in [0.2, 0.25) is 0 Å². The molecule has 0 fully saturated rings. The van der Waals surface area contributed by atoms with Crippen molar-refractivity contribution in [3.05, 3.63) is 90.0 Å². The van der Waals surface area contributed by atoms with Gasteiger partial charge in [0.05, 0.1) is 17.9 Å². The van der Waals surface area contributed by atoms with E-state index in [-0.39, 0.29) is 5.91 Å². The fourth-order valence-corrected chi connectivity index (χ4v) is 3.83. The van der Waals surface area contributed by atoms with Gasteiger partial charge in [0.15, 0.2) is 5.82 Å². The number of aromatic nitrogens is 5. The van der Waals surface area contributed by atoms with Gasteiger partial charge in [0.1, 0.15) is 5.69 Å². The zero-order valence-corrected chi connectivity index (χ0v) is 18.3. The van der Waals surface area contributed by atoms with E-state index in [9.17, 15) is 4.79 Å². The molecular weight excluding hydrogens is 398 g/mol. The molecule has 2 aliphatic heterocycles. The third-order valence-electron chi connectivity index (χ3n) is 5.77. The Morgan fingerprint density at radius 2 is 1.56 bits per heavy atom. The molecule has 0 amide bonds. The molecule has 0 N–H and O–H groups in total. The number of carbonyl (C=O) groups excluding carboxylic acids is 1. The molecule has 1 aromatic heterocycles. The van der Waals surface area contributed by atoms with E-state index >= 15 is 0 Å². The van der Waals surface area contributed by atoms with Crippen LogP contribution in [-0.2, 0) is 6.54 Å². The normalized spacial score (nSPS) is 11.2. The highest BCUT2D eigenvalue weighted by Gasteiger charge is 2.14. The van der Waals surface area contributed by atoms with Crippen molar-refractivity contribution in [1.82, 2.24) is 24.3 Å². The predicted molar refractivity (Wildman–Crippen MR) is 125 cm³/mol. The average Bonchev–Trinajstić information content (AvgIpc) is 3.42. The molecule has 3 aromatic rings. The number of hydrogen-bond acceptors (Lipinski definition) is 4. The summed E-state index contributed by atoms with van der Waals surface area (Å²) in [7, 11) is 0. The first kappa shape index (κ1) is 19.9. The molecule has 0 bridgehead atoms. The summed E-state index contributed by atoms with van der Waals surface area (Å²) in [5, 5.41) is 4.08. The van der Waals surface area contributed by atoms with Gasteiger partial charge in [0.25, 0.3) is 0 Å². The zero-order chi connectivity index (χ0) is 22.2. The molecule has 0 radical (unpaired) electrons. The number of fused-ring (bicyclic) bond motifs is 1. The molecule has 6 nitrogen and oxygen atoms in total. The first-order valence-electron chi connectivity index (χ1n) is 10.5. The highest BCUT2D eigenvalue weighted by molar-refractivity contribution is 5.75. The maximum absolute atomic E-state index is 11.7. The van der Waals surface area contributed by atoms with Crippen LogP contribution in [0.5, 0.6) is 0 Å². The van der Waals surface area contributed by atoms with Crippen LogP contribution in [0, 0.1) is 13.8 Å². The van der Waals surface area contributed by atoms with E-state index in [1.54, 1.807) is 6.20 Å². The maximum Gasteiger partial charge on any atom is 0.244 e. The van der Waals surface area contributed by atoms with Gasteiger partial charge in [-0.2, -0.15) is 5.10 Å². The second kappa shape index (κ2) is 7.89. The van der Waals surface area contributed by atoms with E-state index in [1.807, 2.05) is 29.1 Å². The van der Waals surface area contributed by atoms with Gasteiger partial charge in [-0.3, -0.25) is 4.79 Å². The minimum absolute atomic E-state index is 0.105. The lowest BCUT2D eigenvalue weighted by atomic mass is 9.99. The SMILES string of the molecule is CC(=O)n1nccc1Cn1ccc2nc(-c3ccc(-c4ccc(C)c(C)c4)cc3)nc-2c1. The average molecular weight is 422 g/mol. The summed E-state index contributed by atoms with van der Waals surface area (Å²) in [5.41, 5.74) is 8.43. The summed E-state index contributed by atoms with van der Waals surface area (Å²) in [6, 6.07) is 18.7. The number of rotatable bonds is 4. The highest BCUT2D eigenvalue weighted by Crippen LogP contribution is 2.28. The Hall–Kier alpha value is -4.06. The molecule has 0 atom stereocenters. The smallest absolute Gasteiger partial charge is 0.244 e. The standard InChI is InChI=1S/C26H23N5O/c1-17-4-5-22(14-18(17)2)20-6-8-21(9-7-20)26-28-24-11-13-30(16-25(24)29-26)15-23-10-12-27-31(23)19(3)32/h4-14,16H,15H2,1-3H3. The highest BCUT2D eigenvalue weighted by atomic mass is 16.2. The summed E-state index contributed by atoms with van der Waals surface area (Å²) in [6.45, 7) is 6.30. The number of hydrogen-bond donors (Lipinski definition) is 0. The van der Waals surface area contributed by atoms with Crippen molar-refractivity contribution in [2.24, 2.45) is 0 Å². The molecule has 3 heterocycles. The summed E-state index contributed by atoms with van der Waals surface area (Å²) in [5.74, 6) is 0.601. The molecule has 0 unspecified atom stereocenters. The van der Waals surface area contributed by atoms with Crippen LogP contribution in [0.4, 0.5) is 0 Å². The van der Waals surface area contributed by atoms with Crippen molar-refractivity contribution < 1.29 is 4.79 Å². The van der Waals surface area contributed by atoms with Crippen LogP contribution in [-0.4, -0.2) is 30.2 Å². The summed E-state index contributed by atoms with van der Waals surface area (Å²) in [6.07, 6.45) is 5.53.